The maximum atomic E-state index is 9.86. The number of rotatable bonds is 7. The van der Waals surface area contributed by atoms with Crippen LogP contribution in [0.4, 0.5) is 17.1 Å². The summed E-state index contributed by atoms with van der Waals surface area (Å²) >= 11 is 0. The Morgan fingerprint density at radius 3 is 1.33 bits per heavy atom. The van der Waals surface area contributed by atoms with E-state index in [4.69, 9.17) is 17.4 Å². The van der Waals surface area contributed by atoms with Gasteiger partial charge >= 0.3 is 0 Å². The standard InChI is InChI=1S/C92H79BN6O/c1-89(2,3)83-50-58(51-84(94-83)90(4,5)6)63-34-26-35-64(59-52-85(91(7,8)9)95-86(53-59)92(10,11)12)88(63)99-79-54-61(97-73-36-21-16-29-65(73)66-30-17-22-37-74(66)97)42-44-71(79)93-72-45-43-62(98-75-38-23-18-31-67(75)68-32-19-24-39-76(68)98)55-81(72)100-82-49-57(48-80(99)87(82)93)56-41-46-78-70(47-56)69-33-20-25-40-77(69)96(78)60-27-14-13-15-28-60/h13-55H,1-12H3/i16D,17D,21D,22D,29D,30D,36D,37D. The predicted octanol–water partition coefficient (Wildman–Crippen LogP) is 22.4. The van der Waals surface area contributed by atoms with Gasteiger partial charge in [0.05, 0.1) is 49.8 Å². The molecule has 0 N–H and O–H groups in total. The highest BCUT2D eigenvalue weighted by Gasteiger charge is 2.44. The number of para-hydroxylation sites is 7. The lowest BCUT2D eigenvalue weighted by Gasteiger charge is -2.42. The lowest BCUT2D eigenvalue weighted by atomic mass is 9.34. The van der Waals surface area contributed by atoms with E-state index in [9.17, 15) is 8.22 Å². The summed E-state index contributed by atoms with van der Waals surface area (Å²) in [5, 5.41) is 4.43. The van der Waals surface area contributed by atoms with Gasteiger partial charge in [-0.15, -0.1) is 0 Å². The molecule has 8 heteroatoms. The first-order valence-corrected chi connectivity index (χ1v) is 34.7. The van der Waals surface area contributed by atoms with Crippen LogP contribution < -0.4 is 26.0 Å². The Kier molecular flexibility index (Phi) is 11.7. The molecule has 100 heavy (non-hydrogen) atoms. The van der Waals surface area contributed by atoms with Crippen molar-refractivity contribution in [1.29, 1.82) is 0 Å². The number of hydrogen-bond acceptors (Lipinski definition) is 4. The van der Waals surface area contributed by atoms with Crippen LogP contribution >= 0.6 is 0 Å². The second-order valence-corrected chi connectivity index (χ2v) is 31.3. The minimum Gasteiger partial charge on any atom is -0.458 e. The van der Waals surface area contributed by atoms with E-state index in [1.165, 1.54) is 0 Å². The number of nitrogens with zero attached hydrogens (tertiary/aromatic N) is 6. The van der Waals surface area contributed by atoms with Crippen LogP contribution in [0.1, 0.15) is 117 Å². The van der Waals surface area contributed by atoms with Gasteiger partial charge in [-0.2, -0.15) is 0 Å². The lowest BCUT2D eigenvalue weighted by Crippen LogP contribution is -2.59. The maximum Gasteiger partial charge on any atom is 0.256 e. The molecule has 0 atom stereocenters. The van der Waals surface area contributed by atoms with Crippen molar-refractivity contribution in [1.82, 2.24) is 23.7 Å². The van der Waals surface area contributed by atoms with Crippen LogP contribution in [0.5, 0.6) is 11.5 Å². The summed E-state index contributed by atoms with van der Waals surface area (Å²) < 4.78 is 89.7. The van der Waals surface area contributed by atoms with E-state index in [-0.39, 0.29) is 55.6 Å². The molecule has 7 nitrogen and oxygen atoms in total. The molecule has 16 aromatic rings. The molecule has 0 fully saturated rings. The van der Waals surface area contributed by atoms with Crippen LogP contribution in [-0.2, 0) is 21.7 Å². The number of pyridine rings is 2. The summed E-state index contributed by atoms with van der Waals surface area (Å²) in [4.78, 5) is 13.4. The van der Waals surface area contributed by atoms with E-state index < -0.39 is 43.0 Å². The predicted molar refractivity (Wildman–Crippen MR) is 422 cm³/mol. The topological polar surface area (TPSA) is 53.0 Å². The molecule has 11 aromatic carbocycles. The zero-order valence-electron chi connectivity index (χ0n) is 66.4. The molecule has 2 aliphatic heterocycles. The van der Waals surface area contributed by atoms with E-state index in [2.05, 4.69) is 297 Å². The summed E-state index contributed by atoms with van der Waals surface area (Å²) in [6, 6.07) is 72.0. The van der Waals surface area contributed by atoms with Crippen LogP contribution in [-0.4, -0.2) is 30.4 Å². The number of anilines is 3. The van der Waals surface area contributed by atoms with Crippen LogP contribution in [0.15, 0.2) is 261 Å². The van der Waals surface area contributed by atoms with Crippen molar-refractivity contribution in [2.75, 3.05) is 4.90 Å². The third kappa shape index (κ3) is 9.69. The van der Waals surface area contributed by atoms with Crippen LogP contribution in [0.25, 0.3) is 116 Å². The first-order chi connectivity index (χ1) is 51.4. The van der Waals surface area contributed by atoms with Gasteiger partial charge in [-0.3, -0.25) is 9.97 Å². The fourth-order valence-electron chi connectivity index (χ4n) is 15.5. The number of fused-ring (bicyclic) bond motifs is 13. The van der Waals surface area contributed by atoms with E-state index in [1.807, 2.05) is 12.1 Å². The molecular weight excluding hydrogens is 1220 g/mol. The average molecular weight is 1300 g/mol. The first kappa shape index (κ1) is 52.8. The van der Waals surface area contributed by atoms with Gasteiger partial charge in [0.25, 0.3) is 6.71 Å². The molecule has 0 radical (unpaired) electrons. The van der Waals surface area contributed by atoms with Gasteiger partial charge < -0.3 is 23.3 Å². The normalized spacial score (nSPS) is 14.4. The summed E-state index contributed by atoms with van der Waals surface area (Å²) in [5.41, 5.74) is 19.4. The Labute approximate surface area is 596 Å². The summed E-state index contributed by atoms with van der Waals surface area (Å²) in [5.74, 6) is 1.32. The van der Waals surface area contributed by atoms with Crippen molar-refractivity contribution in [2.45, 2.75) is 105 Å². The third-order valence-electron chi connectivity index (χ3n) is 20.5. The lowest BCUT2D eigenvalue weighted by molar-refractivity contribution is 0.487. The molecule has 486 valence electrons. The Morgan fingerprint density at radius 2 is 0.790 bits per heavy atom. The van der Waals surface area contributed by atoms with Crippen molar-refractivity contribution in [3.8, 4) is 61.9 Å². The van der Waals surface area contributed by atoms with Crippen LogP contribution in [0, 0.1) is 0 Å². The maximum absolute atomic E-state index is 9.86. The zero-order valence-corrected chi connectivity index (χ0v) is 58.4. The second-order valence-electron chi connectivity index (χ2n) is 31.3. The fraction of sp³-hybridized carbons (Fsp3) is 0.174. The van der Waals surface area contributed by atoms with Crippen LogP contribution in [0.2, 0.25) is 0 Å². The SMILES string of the molecule is [2H]c1c([2H])c([2H])c2c(c1[2H])c1c([2H])c([2H])c([2H])c([2H])c1n2-c1ccc2c(c1)N(c1c(-c3cc(C(C)(C)C)nc(C(C)(C)C)c3)cccc1-c1cc(C(C)(C)C)nc(C(C)(C)C)c1)c1cc(-c3ccc4c(c3)c3ccccc3n4-c3ccccc3)cc3c1B2c1ccc(-n2c4ccccc4c4ccccc42)cc1O3. The highest BCUT2D eigenvalue weighted by molar-refractivity contribution is 6.99. The molecule has 0 unspecified atom stereocenters. The van der Waals surface area contributed by atoms with Gasteiger partial charge in [0.2, 0.25) is 0 Å². The smallest absolute Gasteiger partial charge is 0.256 e. The van der Waals surface area contributed by atoms with E-state index in [0.717, 1.165) is 139 Å². The molecule has 2 aliphatic rings. The molecule has 7 heterocycles. The molecule has 18 rings (SSSR count). The van der Waals surface area contributed by atoms with Crippen molar-refractivity contribution in [3.05, 3.63) is 283 Å². The van der Waals surface area contributed by atoms with Crippen LogP contribution in [0.3, 0.4) is 0 Å². The summed E-state index contributed by atoms with van der Waals surface area (Å²) in [6.45, 7) is 26.0. The highest BCUT2D eigenvalue weighted by Crippen LogP contribution is 2.52. The highest BCUT2D eigenvalue weighted by atomic mass is 16.5. The molecule has 0 bridgehead atoms. The number of aromatic nitrogens is 5. The van der Waals surface area contributed by atoms with Crippen molar-refractivity contribution in [3.63, 3.8) is 0 Å². The van der Waals surface area contributed by atoms with Crippen molar-refractivity contribution in [2.24, 2.45) is 0 Å². The Hall–Kier alpha value is -11.2. The zero-order chi connectivity index (χ0) is 75.4. The Bertz CT molecular complexity index is 6290. The second kappa shape index (κ2) is 22.1. The number of hydrogen-bond donors (Lipinski definition) is 0. The minimum atomic E-state index is -0.517. The van der Waals surface area contributed by atoms with E-state index in [0.29, 0.717) is 22.9 Å². The average Bonchev–Trinajstić information content (AvgIpc) is 0.902. The van der Waals surface area contributed by atoms with Crippen molar-refractivity contribution < 1.29 is 15.7 Å². The van der Waals surface area contributed by atoms with Gasteiger partial charge in [-0.05, 0) is 148 Å². The van der Waals surface area contributed by atoms with Gasteiger partial charge in [0, 0.05) is 122 Å². The molecule has 0 spiro atoms. The Morgan fingerprint density at radius 1 is 0.330 bits per heavy atom. The monoisotopic (exact) mass is 1300 g/mol. The first-order valence-electron chi connectivity index (χ1n) is 38.7. The van der Waals surface area contributed by atoms with E-state index in [1.54, 1.807) is 4.57 Å². The quantitative estimate of drug-likeness (QED) is 0.149. The van der Waals surface area contributed by atoms with Crippen molar-refractivity contribution >= 4 is 106 Å². The van der Waals surface area contributed by atoms with Gasteiger partial charge in [0.15, 0.2) is 0 Å². The summed E-state index contributed by atoms with van der Waals surface area (Å²) in [6.07, 6.45) is 0. The van der Waals surface area contributed by atoms with E-state index >= 15 is 0 Å². The fourth-order valence-corrected chi connectivity index (χ4v) is 15.5. The molecule has 0 aliphatic carbocycles. The van der Waals surface area contributed by atoms with Gasteiger partial charge in [-0.25, -0.2) is 0 Å². The largest absolute Gasteiger partial charge is 0.458 e. The number of benzene rings is 11. The number of ether oxygens (including phenoxy) is 1. The molecular formula is C92H79BN6O. The van der Waals surface area contributed by atoms with Gasteiger partial charge in [-0.1, -0.05) is 229 Å². The third-order valence-corrected chi connectivity index (χ3v) is 20.5. The summed E-state index contributed by atoms with van der Waals surface area (Å²) in [7, 11) is 0. The minimum absolute atomic E-state index is 0.00455. The molecule has 0 saturated carbocycles. The van der Waals surface area contributed by atoms with Gasteiger partial charge in [0.1, 0.15) is 11.5 Å². The molecule has 0 saturated heterocycles. The Balaban J connectivity index is 1.02. The molecule has 0 amide bonds. The molecule has 5 aromatic heterocycles.